The van der Waals surface area contributed by atoms with Gasteiger partial charge in [-0.25, -0.2) is 9.59 Å². The number of aliphatic carboxylic acids is 2. The number of ether oxygens (including phenoxy) is 2. The standard InChI is InChI=1S/C17H13NO7/c19-15(20)7-24-9-1-3-11-12-4-2-10(25-8-16(21)22)6-14(12)17(18-23)13(11)5-9/h1-6,17H,7-8H2,(H,19,20)(H,21,22). The molecule has 0 spiro atoms. The zero-order valence-corrected chi connectivity index (χ0v) is 12.8. The van der Waals surface area contributed by atoms with Crippen LogP contribution in [0.25, 0.3) is 11.1 Å². The van der Waals surface area contributed by atoms with Crippen molar-refractivity contribution in [3.05, 3.63) is 52.4 Å². The van der Waals surface area contributed by atoms with E-state index >= 15 is 0 Å². The molecule has 0 bridgehead atoms. The quantitative estimate of drug-likeness (QED) is 0.740. The molecule has 0 aromatic heterocycles. The van der Waals surface area contributed by atoms with E-state index in [0.717, 1.165) is 11.1 Å². The first-order valence-corrected chi connectivity index (χ1v) is 7.29. The average Bonchev–Trinajstić information content (AvgIpc) is 2.90. The van der Waals surface area contributed by atoms with Crippen LogP contribution in [0.15, 0.2) is 41.6 Å². The molecule has 8 heteroatoms. The number of benzene rings is 2. The molecule has 0 atom stereocenters. The van der Waals surface area contributed by atoms with Crippen molar-refractivity contribution in [2.24, 2.45) is 5.18 Å². The Morgan fingerprint density at radius 3 is 1.68 bits per heavy atom. The normalized spacial score (nSPS) is 12.2. The van der Waals surface area contributed by atoms with Crippen molar-refractivity contribution in [2.75, 3.05) is 13.2 Å². The van der Waals surface area contributed by atoms with Crippen LogP contribution in [-0.4, -0.2) is 35.4 Å². The molecule has 2 aromatic rings. The van der Waals surface area contributed by atoms with Gasteiger partial charge in [0, 0.05) is 0 Å². The minimum atomic E-state index is -1.10. The zero-order valence-electron chi connectivity index (χ0n) is 12.8. The summed E-state index contributed by atoms with van der Waals surface area (Å²) in [5.74, 6) is -1.56. The molecule has 1 aliphatic rings. The minimum Gasteiger partial charge on any atom is -0.482 e. The van der Waals surface area contributed by atoms with Crippen LogP contribution >= 0.6 is 0 Å². The Morgan fingerprint density at radius 2 is 1.32 bits per heavy atom. The summed E-state index contributed by atoms with van der Waals surface area (Å²) >= 11 is 0. The van der Waals surface area contributed by atoms with E-state index in [-0.39, 0.29) is 0 Å². The highest BCUT2D eigenvalue weighted by molar-refractivity contribution is 5.80. The van der Waals surface area contributed by atoms with E-state index in [1.54, 1.807) is 36.4 Å². The number of carbonyl (C=O) groups is 2. The predicted molar refractivity (Wildman–Crippen MR) is 85.8 cm³/mol. The van der Waals surface area contributed by atoms with Gasteiger partial charge >= 0.3 is 11.9 Å². The number of carboxylic acid groups (broad SMARTS) is 2. The number of hydrogen-bond donors (Lipinski definition) is 2. The molecule has 0 saturated heterocycles. The molecule has 128 valence electrons. The average molecular weight is 343 g/mol. The molecule has 0 fully saturated rings. The van der Waals surface area contributed by atoms with Gasteiger partial charge in [0.1, 0.15) is 17.5 Å². The lowest BCUT2D eigenvalue weighted by Gasteiger charge is -2.08. The summed E-state index contributed by atoms with van der Waals surface area (Å²) < 4.78 is 10.3. The van der Waals surface area contributed by atoms with Crippen molar-refractivity contribution in [3.8, 4) is 22.6 Å². The smallest absolute Gasteiger partial charge is 0.341 e. The Kier molecular flexibility index (Phi) is 4.34. The topological polar surface area (TPSA) is 122 Å². The van der Waals surface area contributed by atoms with Gasteiger partial charge in [-0.2, -0.15) is 0 Å². The number of nitrogens with zero attached hydrogens (tertiary/aromatic N) is 1. The van der Waals surface area contributed by atoms with Crippen LogP contribution in [0.4, 0.5) is 0 Å². The summed E-state index contributed by atoms with van der Waals surface area (Å²) in [6.07, 6.45) is 0. The Labute approximate surface area is 141 Å². The van der Waals surface area contributed by atoms with Gasteiger partial charge in [-0.05, 0) is 46.5 Å². The maximum Gasteiger partial charge on any atom is 0.341 e. The molecular formula is C17H13NO7. The molecule has 0 heterocycles. The minimum absolute atomic E-state index is 0.324. The predicted octanol–water partition coefficient (Wildman–Crippen LogP) is 2.45. The maximum atomic E-state index is 11.4. The lowest BCUT2D eigenvalue weighted by molar-refractivity contribution is -0.140. The summed E-state index contributed by atoms with van der Waals surface area (Å²) in [5, 5.41) is 20.5. The number of fused-ring (bicyclic) bond motifs is 3. The van der Waals surface area contributed by atoms with E-state index in [2.05, 4.69) is 5.18 Å². The van der Waals surface area contributed by atoms with Crippen LogP contribution in [-0.2, 0) is 9.59 Å². The summed E-state index contributed by atoms with van der Waals surface area (Å²) in [5.41, 5.74) is 2.77. The van der Waals surface area contributed by atoms with Crippen molar-refractivity contribution < 1.29 is 29.3 Å². The third kappa shape index (κ3) is 3.27. The summed E-state index contributed by atoms with van der Waals surface area (Å²) in [6.45, 7) is -0.976. The van der Waals surface area contributed by atoms with E-state index in [4.69, 9.17) is 19.7 Å². The van der Waals surface area contributed by atoms with Gasteiger partial charge in [0.25, 0.3) is 0 Å². The molecule has 8 nitrogen and oxygen atoms in total. The SMILES string of the molecule is O=NC1c2cc(OCC(=O)O)ccc2-c2ccc(OCC(=O)O)cc21. The Balaban J connectivity index is 1.93. The van der Waals surface area contributed by atoms with E-state index in [0.29, 0.717) is 22.6 Å². The summed E-state index contributed by atoms with van der Waals surface area (Å²) in [6, 6.07) is 9.07. The molecule has 3 rings (SSSR count). The second-order valence-corrected chi connectivity index (χ2v) is 5.37. The Morgan fingerprint density at radius 1 is 0.880 bits per heavy atom. The summed E-state index contributed by atoms with van der Waals surface area (Å²) in [4.78, 5) is 32.6. The van der Waals surface area contributed by atoms with Crippen LogP contribution in [0.1, 0.15) is 17.2 Å². The van der Waals surface area contributed by atoms with Crippen molar-refractivity contribution >= 4 is 11.9 Å². The van der Waals surface area contributed by atoms with E-state index < -0.39 is 31.2 Å². The van der Waals surface area contributed by atoms with Gasteiger partial charge in [0.15, 0.2) is 13.2 Å². The van der Waals surface area contributed by atoms with Crippen molar-refractivity contribution in [3.63, 3.8) is 0 Å². The molecule has 0 amide bonds. The molecule has 0 aliphatic heterocycles. The molecule has 2 aromatic carbocycles. The number of nitroso groups, excluding NO2 is 1. The van der Waals surface area contributed by atoms with Crippen LogP contribution in [0.5, 0.6) is 11.5 Å². The molecule has 1 aliphatic carbocycles. The zero-order chi connectivity index (χ0) is 18.0. The van der Waals surface area contributed by atoms with Crippen LogP contribution in [0, 0.1) is 4.91 Å². The van der Waals surface area contributed by atoms with E-state index in [1.807, 2.05) is 0 Å². The Bertz CT molecular complexity index is 795. The second kappa shape index (κ2) is 6.60. The first-order valence-electron chi connectivity index (χ1n) is 7.29. The van der Waals surface area contributed by atoms with Crippen LogP contribution < -0.4 is 9.47 Å². The van der Waals surface area contributed by atoms with E-state index in [9.17, 15) is 14.5 Å². The monoisotopic (exact) mass is 343 g/mol. The van der Waals surface area contributed by atoms with Gasteiger partial charge < -0.3 is 19.7 Å². The third-order valence-corrected chi connectivity index (χ3v) is 3.76. The van der Waals surface area contributed by atoms with Crippen LogP contribution in [0.2, 0.25) is 0 Å². The van der Waals surface area contributed by atoms with Gasteiger partial charge in [-0.1, -0.05) is 17.3 Å². The fourth-order valence-corrected chi connectivity index (χ4v) is 2.78. The van der Waals surface area contributed by atoms with Gasteiger partial charge in [0.05, 0.1) is 0 Å². The fraction of sp³-hybridized carbons (Fsp3) is 0.176. The molecular weight excluding hydrogens is 330 g/mol. The number of hydrogen-bond acceptors (Lipinski definition) is 6. The molecule has 2 N–H and O–H groups in total. The number of carboxylic acids is 2. The first-order chi connectivity index (χ1) is 12.0. The lowest BCUT2D eigenvalue weighted by atomic mass is 10.1. The van der Waals surface area contributed by atoms with Gasteiger partial charge in [-0.15, -0.1) is 4.91 Å². The molecule has 0 unspecified atom stereocenters. The number of rotatable bonds is 7. The molecule has 0 saturated carbocycles. The maximum absolute atomic E-state index is 11.4. The highest BCUT2D eigenvalue weighted by Gasteiger charge is 2.30. The van der Waals surface area contributed by atoms with Gasteiger partial charge in [-0.3, -0.25) is 0 Å². The molecule has 25 heavy (non-hydrogen) atoms. The van der Waals surface area contributed by atoms with Crippen LogP contribution in [0.3, 0.4) is 0 Å². The van der Waals surface area contributed by atoms with Gasteiger partial charge in [0.2, 0.25) is 0 Å². The van der Waals surface area contributed by atoms with Crippen molar-refractivity contribution in [1.82, 2.24) is 0 Å². The fourth-order valence-electron chi connectivity index (χ4n) is 2.78. The highest BCUT2D eigenvalue weighted by atomic mass is 16.5. The van der Waals surface area contributed by atoms with E-state index in [1.165, 1.54) is 0 Å². The third-order valence-electron chi connectivity index (χ3n) is 3.76. The summed E-state index contributed by atoms with van der Waals surface area (Å²) in [7, 11) is 0. The first kappa shape index (κ1) is 16.4. The second-order valence-electron chi connectivity index (χ2n) is 5.37. The molecule has 0 radical (unpaired) electrons. The largest absolute Gasteiger partial charge is 0.482 e. The highest BCUT2D eigenvalue weighted by Crippen LogP contribution is 2.47. The lowest BCUT2D eigenvalue weighted by Crippen LogP contribution is -2.09. The Hall–Kier alpha value is -3.42. The van der Waals surface area contributed by atoms with Crippen molar-refractivity contribution in [2.45, 2.75) is 6.04 Å². The van der Waals surface area contributed by atoms with Crippen molar-refractivity contribution in [1.29, 1.82) is 0 Å².